The van der Waals surface area contributed by atoms with Crippen molar-refractivity contribution in [2.75, 3.05) is 6.54 Å². The van der Waals surface area contributed by atoms with E-state index in [1.54, 1.807) is 0 Å². The summed E-state index contributed by atoms with van der Waals surface area (Å²) in [7, 11) is 0. The molecule has 0 aliphatic heterocycles. The van der Waals surface area contributed by atoms with Gasteiger partial charge >= 0.3 is 6.03 Å². The molecule has 0 aromatic heterocycles. The standard InChI is InChI=1S/C17H32N2O/c1-3-14-6-8-16(9-7-14)19-17(20)18-11-10-15-5-4-13(2)12-15/h13-16H,3-12H2,1-2H3,(H2,18,19,20). The number of hydrogen-bond donors (Lipinski definition) is 2. The van der Waals surface area contributed by atoms with Crippen molar-refractivity contribution in [3.8, 4) is 0 Å². The number of amides is 2. The van der Waals surface area contributed by atoms with Gasteiger partial charge in [-0.25, -0.2) is 4.79 Å². The molecule has 2 saturated carbocycles. The zero-order valence-corrected chi connectivity index (χ0v) is 13.3. The lowest BCUT2D eigenvalue weighted by Crippen LogP contribution is -2.44. The van der Waals surface area contributed by atoms with E-state index in [4.69, 9.17) is 0 Å². The first kappa shape index (κ1) is 15.7. The molecule has 0 radical (unpaired) electrons. The number of nitrogens with one attached hydrogen (secondary N) is 2. The molecule has 20 heavy (non-hydrogen) atoms. The van der Waals surface area contributed by atoms with Crippen molar-refractivity contribution < 1.29 is 4.79 Å². The molecule has 0 bridgehead atoms. The van der Waals surface area contributed by atoms with Crippen LogP contribution >= 0.6 is 0 Å². The Balaban J connectivity index is 1.54. The van der Waals surface area contributed by atoms with Gasteiger partial charge in [0.15, 0.2) is 0 Å². The second-order valence-electron chi connectivity index (χ2n) is 7.10. The number of urea groups is 1. The number of rotatable bonds is 5. The molecule has 2 aliphatic carbocycles. The summed E-state index contributed by atoms with van der Waals surface area (Å²) in [6.45, 7) is 5.45. The van der Waals surface area contributed by atoms with Gasteiger partial charge < -0.3 is 10.6 Å². The van der Waals surface area contributed by atoms with Crippen LogP contribution in [0.2, 0.25) is 0 Å². The van der Waals surface area contributed by atoms with Crippen LogP contribution in [0, 0.1) is 17.8 Å². The van der Waals surface area contributed by atoms with Crippen molar-refractivity contribution in [1.82, 2.24) is 10.6 Å². The summed E-state index contributed by atoms with van der Waals surface area (Å²) in [5.74, 6) is 2.62. The average molecular weight is 280 g/mol. The van der Waals surface area contributed by atoms with Crippen molar-refractivity contribution in [1.29, 1.82) is 0 Å². The molecule has 2 atom stereocenters. The first-order chi connectivity index (χ1) is 9.67. The van der Waals surface area contributed by atoms with Gasteiger partial charge in [-0.05, 0) is 56.3 Å². The minimum absolute atomic E-state index is 0.0518. The van der Waals surface area contributed by atoms with Gasteiger partial charge in [0.1, 0.15) is 0 Å². The summed E-state index contributed by atoms with van der Waals surface area (Å²) in [6.07, 6.45) is 11.4. The Bertz CT molecular complexity index is 297. The summed E-state index contributed by atoms with van der Waals surface area (Å²) < 4.78 is 0. The summed E-state index contributed by atoms with van der Waals surface area (Å²) in [4.78, 5) is 11.9. The highest BCUT2D eigenvalue weighted by molar-refractivity contribution is 5.74. The quantitative estimate of drug-likeness (QED) is 0.782. The molecule has 0 aromatic carbocycles. The smallest absolute Gasteiger partial charge is 0.315 e. The summed E-state index contributed by atoms with van der Waals surface area (Å²) >= 11 is 0. The third kappa shape index (κ3) is 4.99. The van der Waals surface area contributed by atoms with E-state index < -0.39 is 0 Å². The molecule has 2 aliphatic rings. The predicted molar refractivity (Wildman–Crippen MR) is 83.7 cm³/mol. The molecule has 2 rings (SSSR count). The van der Waals surface area contributed by atoms with E-state index in [0.717, 1.165) is 43.6 Å². The fraction of sp³-hybridized carbons (Fsp3) is 0.941. The molecule has 2 unspecified atom stereocenters. The van der Waals surface area contributed by atoms with E-state index in [9.17, 15) is 4.79 Å². The molecule has 3 heteroatoms. The van der Waals surface area contributed by atoms with Gasteiger partial charge in [0.25, 0.3) is 0 Å². The maximum atomic E-state index is 11.9. The molecule has 0 heterocycles. The lowest BCUT2D eigenvalue weighted by molar-refractivity contribution is 0.225. The van der Waals surface area contributed by atoms with Crippen LogP contribution in [0.25, 0.3) is 0 Å². The first-order valence-electron chi connectivity index (χ1n) is 8.71. The molecule has 0 spiro atoms. The monoisotopic (exact) mass is 280 g/mol. The SMILES string of the molecule is CCC1CCC(NC(=O)NCCC2CCC(C)C2)CC1. The molecular weight excluding hydrogens is 248 g/mol. The van der Waals surface area contributed by atoms with E-state index in [1.807, 2.05) is 0 Å². The maximum Gasteiger partial charge on any atom is 0.315 e. The lowest BCUT2D eigenvalue weighted by Gasteiger charge is -2.28. The Morgan fingerprint density at radius 2 is 1.75 bits per heavy atom. The fourth-order valence-electron chi connectivity index (χ4n) is 3.93. The molecule has 3 nitrogen and oxygen atoms in total. The maximum absolute atomic E-state index is 11.9. The zero-order chi connectivity index (χ0) is 14.4. The van der Waals surface area contributed by atoms with Crippen LogP contribution in [0.5, 0.6) is 0 Å². The second kappa shape index (κ2) is 7.90. The van der Waals surface area contributed by atoms with Crippen molar-refractivity contribution in [3.63, 3.8) is 0 Å². The van der Waals surface area contributed by atoms with Crippen LogP contribution in [0.1, 0.15) is 71.6 Å². The normalized spacial score (nSPS) is 33.9. The van der Waals surface area contributed by atoms with Crippen molar-refractivity contribution >= 4 is 6.03 Å². The van der Waals surface area contributed by atoms with E-state index in [-0.39, 0.29) is 6.03 Å². The molecule has 2 amide bonds. The van der Waals surface area contributed by atoms with Gasteiger partial charge in [-0.3, -0.25) is 0 Å². The number of carbonyl (C=O) groups excluding carboxylic acids is 1. The van der Waals surface area contributed by atoms with E-state index >= 15 is 0 Å². The third-order valence-electron chi connectivity index (χ3n) is 5.40. The van der Waals surface area contributed by atoms with Crippen molar-refractivity contribution in [2.24, 2.45) is 17.8 Å². The second-order valence-corrected chi connectivity index (χ2v) is 7.10. The Labute approximate surface area is 124 Å². The Hall–Kier alpha value is -0.730. The third-order valence-corrected chi connectivity index (χ3v) is 5.40. The van der Waals surface area contributed by atoms with Crippen LogP contribution in [-0.2, 0) is 0 Å². The minimum atomic E-state index is 0.0518. The Kier molecular flexibility index (Phi) is 6.18. The number of hydrogen-bond acceptors (Lipinski definition) is 1. The van der Waals surface area contributed by atoms with Gasteiger partial charge in [-0.15, -0.1) is 0 Å². The topological polar surface area (TPSA) is 41.1 Å². The Morgan fingerprint density at radius 1 is 1.05 bits per heavy atom. The highest BCUT2D eigenvalue weighted by Gasteiger charge is 2.22. The van der Waals surface area contributed by atoms with Crippen LogP contribution in [0.4, 0.5) is 4.79 Å². The van der Waals surface area contributed by atoms with Gasteiger partial charge in [0.05, 0.1) is 0 Å². The van der Waals surface area contributed by atoms with Crippen molar-refractivity contribution in [3.05, 3.63) is 0 Å². The first-order valence-corrected chi connectivity index (χ1v) is 8.71. The average Bonchev–Trinajstić information content (AvgIpc) is 2.85. The summed E-state index contributed by atoms with van der Waals surface area (Å²) in [6, 6.07) is 0.459. The van der Waals surface area contributed by atoms with E-state index in [1.165, 1.54) is 38.5 Å². The zero-order valence-electron chi connectivity index (χ0n) is 13.3. The predicted octanol–water partition coefficient (Wildman–Crippen LogP) is 4.08. The van der Waals surface area contributed by atoms with E-state index in [0.29, 0.717) is 6.04 Å². The largest absolute Gasteiger partial charge is 0.338 e. The molecular formula is C17H32N2O. The fourth-order valence-corrected chi connectivity index (χ4v) is 3.93. The van der Waals surface area contributed by atoms with Crippen LogP contribution in [0.3, 0.4) is 0 Å². The summed E-state index contributed by atoms with van der Waals surface area (Å²) in [5.41, 5.74) is 0. The molecule has 0 aromatic rings. The molecule has 0 saturated heterocycles. The Morgan fingerprint density at radius 3 is 2.35 bits per heavy atom. The van der Waals surface area contributed by atoms with Gasteiger partial charge in [-0.2, -0.15) is 0 Å². The highest BCUT2D eigenvalue weighted by atomic mass is 16.2. The van der Waals surface area contributed by atoms with E-state index in [2.05, 4.69) is 24.5 Å². The van der Waals surface area contributed by atoms with Gasteiger partial charge in [0, 0.05) is 12.6 Å². The van der Waals surface area contributed by atoms with Gasteiger partial charge in [-0.1, -0.05) is 33.1 Å². The van der Waals surface area contributed by atoms with Crippen LogP contribution in [0.15, 0.2) is 0 Å². The van der Waals surface area contributed by atoms with Crippen LogP contribution < -0.4 is 10.6 Å². The van der Waals surface area contributed by atoms with Crippen LogP contribution in [-0.4, -0.2) is 18.6 Å². The molecule has 2 N–H and O–H groups in total. The molecule has 116 valence electrons. The minimum Gasteiger partial charge on any atom is -0.338 e. The molecule has 2 fully saturated rings. The lowest BCUT2D eigenvalue weighted by atomic mass is 9.85. The highest BCUT2D eigenvalue weighted by Crippen LogP contribution is 2.32. The summed E-state index contributed by atoms with van der Waals surface area (Å²) in [5, 5.41) is 6.19. The number of carbonyl (C=O) groups is 1. The van der Waals surface area contributed by atoms with Crippen molar-refractivity contribution in [2.45, 2.75) is 77.7 Å². The van der Waals surface area contributed by atoms with Gasteiger partial charge in [0.2, 0.25) is 0 Å².